The normalized spacial score (nSPS) is 13.3. The van der Waals surface area contributed by atoms with Crippen molar-refractivity contribution in [3.05, 3.63) is 53.6 Å². The Morgan fingerprint density at radius 3 is 2.36 bits per heavy atom. The maximum Gasteiger partial charge on any atom is 0.161 e. The molecule has 7 nitrogen and oxygen atoms in total. The second kappa shape index (κ2) is 10.6. The third-order valence-electron chi connectivity index (χ3n) is 4.12. The zero-order chi connectivity index (χ0) is 20.5. The third-order valence-corrected chi connectivity index (χ3v) is 4.12. The van der Waals surface area contributed by atoms with E-state index >= 15 is 0 Å². The van der Waals surface area contributed by atoms with Gasteiger partial charge >= 0.3 is 0 Å². The van der Waals surface area contributed by atoms with Crippen molar-refractivity contribution in [2.24, 2.45) is 0 Å². The van der Waals surface area contributed by atoms with Crippen molar-refractivity contribution in [1.29, 1.82) is 0 Å². The molecule has 0 saturated heterocycles. The van der Waals surface area contributed by atoms with Crippen molar-refractivity contribution in [1.82, 2.24) is 0 Å². The molecule has 28 heavy (non-hydrogen) atoms. The number of aliphatic hydroxyl groups excluding tert-OH is 2. The highest BCUT2D eigenvalue weighted by Crippen LogP contribution is 2.34. The summed E-state index contributed by atoms with van der Waals surface area (Å²) in [5.41, 5.74) is 1.33. The molecule has 2 atom stereocenters. The number of phenols is 1. The van der Waals surface area contributed by atoms with Gasteiger partial charge in [-0.2, -0.15) is 0 Å². The highest BCUT2D eigenvalue weighted by molar-refractivity contribution is 5.56. The van der Waals surface area contributed by atoms with Gasteiger partial charge in [-0.05, 0) is 35.4 Å². The van der Waals surface area contributed by atoms with E-state index in [-0.39, 0.29) is 11.5 Å². The van der Waals surface area contributed by atoms with Crippen LogP contribution >= 0.6 is 0 Å². The van der Waals surface area contributed by atoms with Gasteiger partial charge < -0.3 is 34.3 Å². The standard InChI is InChI=1S/C21H26O7/c1-25-10-4-5-14-6-9-17(19(11-14)27-3)28-20(13-22)21(24)15-7-8-16(23)18(12-15)26-2/h4-9,11-12,20-24H,10,13H2,1-3H3/b5-4+/t20-,21-/m0/s1. The van der Waals surface area contributed by atoms with Gasteiger partial charge in [0, 0.05) is 7.11 Å². The van der Waals surface area contributed by atoms with Crippen LogP contribution in [0.4, 0.5) is 0 Å². The molecule has 0 bridgehead atoms. The van der Waals surface area contributed by atoms with E-state index in [4.69, 9.17) is 18.9 Å². The maximum atomic E-state index is 10.6. The Bertz CT molecular complexity index is 788. The molecule has 0 aromatic heterocycles. The molecule has 3 N–H and O–H groups in total. The van der Waals surface area contributed by atoms with Crippen LogP contribution in [-0.4, -0.2) is 56.0 Å². The van der Waals surface area contributed by atoms with E-state index in [1.54, 1.807) is 19.2 Å². The molecule has 0 aliphatic heterocycles. The number of aromatic hydroxyl groups is 1. The fraction of sp³-hybridized carbons (Fsp3) is 0.333. The van der Waals surface area contributed by atoms with E-state index in [9.17, 15) is 15.3 Å². The largest absolute Gasteiger partial charge is 0.504 e. The highest BCUT2D eigenvalue weighted by Gasteiger charge is 2.24. The van der Waals surface area contributed by atoms with Crippen LogP contribution in [0.5, 0.6) is 23.0 Å². The van der Waals surface area contributed by atoms with E-state index < -0.39 is 18.8 Å². The first kappa shape index (κ1) is 21.6. The van der Waals surface area contributed by atoms with Crippen LogP contribution in [0.25, 0.3) is 6.08 Å². The lowest BCUT2D eigenvalue weighted by Gasteiger charge is -2.24. The number of benzene rings is 2. The van der Waals surface area contributed by atoms with E-state index in [0.29, 0.717) is 23.7 Å². The number of rotatable bonds is 10. The molecular weight excluding hydrogens is 364 g/mol. The molecule has 7 heteroatoms. The van der Waals surface area contributed by atoms with Crippen LogP contribution in [-0.2, 0) is 4.74 Å². The van der Waals surface area contributed by atoms with Crippen LogP contribution in [0.3, 0.4) is 0 Å². The molecule has 2 rings (SSSR count). The minimum atomic E-state index is -1.15. The lowest BCUT2D eigenvalue weighted by Crippen LogP contribution is -2.29. The number of phenolic OH excluding ortho intramolecular Hbond substituents is 1. The SMILES string of the molecule is COC/C=C/c1ccc(O[C@@H](CO)[C@@H](O)c2ccc(O)c(OC)c2)c(OC)c1. The Kier molecular flexibility index (Phi) is 8.13. The molecule has 0 unspecified atom stereocenters. The molecule has 0 saturated carbocycles. The summed E-state index contributed by atoms with van der Waals surface area (Å²) in [5, 5.41) is 30.1. The summed E-state index contributed by atoms with van der Waals surface area (Å²) < 4.78 is 21.2. The summed E-state index contributed by atoms with van der Waals surface area (Å²) in [7, 11) is 4.55. The highest BCUT2D eigenvalue weighted by atomic mass is 16.5. The second-order valence-corrected chi connectivity index (χ2v) is 5.98. The lowest BCUT2D eigenvalue weighted by molar-refractivity contribution is -0.000515. The molecule has 0 heterocycles. The lowest BCUT2D eigenvalue weighted by atomic mass is 10.0. The molecule has 152 valence electrons. The van der Waals surface area contributed by atoms with Gasteiger partial charge in [0.05, 0.1) is 27.4 Å². The third kappa shape index (κ3) is 5.39. The first-order chi connectivity index (χ1) is 13.5. The molecule has 0 aliphatic carbocycles. The van der Waals surface area contributed by atoms with Crippen LogP contribution in [0.1, 0.15) is 17.2 Å². The van der Waals surface area contributed by atoms with E-state index in [2.05, 4.69) is 0 Å². The van der Waals surface area contributed by atoms with Gasteiger partial charge in [-0.15, -0.1) is 0 Å². The number of ether oxygens (including phenoxy) is 4. The Morgan fingerprint density at radius 2 is 1.71 bits per heavy atom. The summed E-state index contributed by atoms with van der Waals surface area (Å²) in [6.45, 7) is 0.0679. The average molecular weight is 390 g/mol. The number of hydrogen-bond acceptors (Lipinski definition) is 7. The summed E-state index contributed by atoms with van der Waals surface area (Å²) >= 11 is 0. The van der Waals surface area contributed by atoms with Crippen LogP contribution in [0, 0.1) is 0 Å². The monoisotopic (exact) mass is 390 g/mol. The minimum absolute atomic E-state index is 0.0429. The van der Waals surface area contributed by atoms with Gasteiger partial charge in [0.2, 0.25) is 0 Å². The number of hydrogen-bond donors (Lipinski definition) is 3. The van der Waals surface area contributed by atoms with Crippen molar-refractivity contribution in [2.75, 3.05) is 34.5 Å². The first-order valence-corrected chi connectivity index (χ1v) is 8.70. The summed E-state index contributed by atoms with van der Waals surface area (Å²) in [6, 6.07) is 9.76. The van der Waals surface area contributed by atoms with Crippen LogP contribution in [0.2, 0.25) is 0 Å². The summed E-state index contributed by atoms with van der Waals surface area (Å²) in [4.78, 5) is 0. The van der Waals surface area contributed by atoms with Gasteiger partial charge in [0.1, 0.15) is 6.10 Å². The predicted molar refractivity (Wildman–Crippen MR) is 105 cm³/mol. The Labute approximate surface area is 164 Å². The van der Waals surface area contributed by atoms with Crippen molar-refractivity contribution in [3.63, 3.8) is 0 Å². The molecule has 0 fully saturated rings. The van der Waals surface area contributed by atoms with Crippen LogP contribution < -0.4 is 14.2 Å². The van der Waals surface area contributed by atoms with Crippen molar-refractivity contribution in [2.45, 2.75) is 12.2 Å². The van der Waals surface area contributed by atoms with E-state index in [1.165, 1.54) is 32.4 Å². The zero-order valence-corrected chi connectivity index (χ0v) is 16.2. The fourth-order valence-electron chi connectivity index (χ4n) is 2.62. The van der Waals surface area contributed by atoms with Gasteiger partial charge in [-0.3, -0.25) is 0 Å². The van der Waals surface area contributed by atoms with Crippen molar-refractivity contribution < 1.29 is 34.3 Å². The van der Waals surface area contributed by atoms with Gasteiger partial charge in [0.15, 0.2) is 29.1 Å². The molecule has 0 radical (unpaired) electrons. The van der Waals surface area contributed by atoms with Gasteiger partial charge in [-0.1, -0.05) is 24.3 Å². The quantitative estimate of drug-likeness (QED) is 0.573. The zero-order valence-electron chi connectivity index (χ0n) is 16.2. The summed E-state index contributed by atoms with van der Waals surface area (Å²) in [6.07, 6.45) is 1.66. The van der Waals surface area contributed by atoms with Gasteiger partial charge in [0.25, 0.3) is 0 Å². The molecular formula is C21H26O7. The first-order valence-electron chi connectivity index (χ1n) is 8.70. The molecule has 0 aliphatic rings. The Hall–Kier alpha value is -2.74. The molecule has 2 aromatic rings. The molecule has 0 spiro atoms. The number of methoxy groups -OCH3 is 3. The van der Waals surface area contributed by atoms with Crippen molar-refractivity contribution in [3.8, 4) is 23.0 Å². The van der Waals surface area contributed by atoms with E-state index in [0.717, 1.165) is 5.56 Å². The molecule has 0 amide bonds. The summed E-state index contributed by atoms with van der Waals surface area (Å²) in [5.74, 6) is 1.03. The second-order valence-electron chi connectivity index (χ2n) is 5.98. The Morgan fingerprint density at radius 1 is 0.964 bits per heavy atom. The van der Waals surface area contributed by atoms with Crippen molar-refractivity contribution >= 4 is 6.08 Å². The van der Waals surface area contributed by atoms with E-state index in [1.807, 2.05) is 18.2 Å². The van der Waals surface area contributed by atoms with Crippen LogP contribution in [0.15, 0.2) is 42.5 Å². The maximum absolute atomic E-state index is 10.6. The number of aliphatic hydroxyl groups is 2. The minimum Gasteiger partial charge on any atom is -0.504 e. The Balaban J connectivity index is 2.21. The fourth-order valence-corrected chi connectivity index (χ4v) is 2.62. The van der Waals surface area contributed by atoms with Gasteiger partial charge in [-0.25, -0.2) is 0 Å². The smallest absolute Gasteiger partial charge is 0.161 e. The average Bonchev–Trinajstić information content (AvgIpc) is 2.72. The molecule has 2 aromatic carbocycles. The predicted octanol–water partition coefficient (Wildman–Crippen LogP) is 2.54. The topological polar surface area (TPSA) is 97.6 Å².